The van der Waals surface area contributed by atoms with Crippen molar-refractivity contribution < 1.29 is 19.0 Å². The summed E-state index contributed by atoms with van der Waals surface area (Å²) in [6.45, 7) is 3.27. The van der Waals surface area contributed by atoms with Crippen molar-refractivity contribution in [2.75, 3.05) is 6.61 Å². The summed E-state index contributed by atoms with van der Waals surface area (Å²) in [7, 11) is 0. The Kier molecular flexibility index (Phi) is 5.10. The van der Waals surface area contributed by atoms with E-state index in [1.54, 1.807) is 31.2 Å². The van der Waals surface area contributed by atoms with E-state index in [0.29, 0.717) is 33.9 Å². The normalized spacial score (nSPS) is 12.4. The second-order valence-corrected chi connectivity index (χ2v) is 5.96. The lowest BCUT2D eigenvalue weighted by molar-refractivity contribution is -0.146. The second kappa shape index (κ2) is 7.63. The van der Waals surface area contributed by atoms with E-state index in [-0.39, 0.29) is 24.3 Å². The summed E-state index contributed by atoms with van der Waals surface area (Å²) in [4.78, 5) is 11.0. The van der Waals surface area contributed by atoms with Gasteiger partial charge in [-0.1, -0.05) is 18.2 Å². The zero-order valence-electron chi connectivity index (χ0n) is 14.9. The van der Waals surface area contributed by atoms with Gasteiger partial charge in [0.05, 0.1) is 0 Å². The van der Waals surface area contributed by atoms with Crippen LogP contribution in [0.3, 0.4) is 0 Å². The molecule has 0 saturated heterocycles. The van der Waals surface area contributed by atoms with Gasteiger partial charge in [0, 0.05) is 29.7 Å². The van der Waals surface area contributed by atoms with Crippen molar-refractivity contribution in [3.8, 4) is 29.4 Å². The number of hydrogen-bond acceptors (Lipinski definition) is 6. The summed E-state index contributed by atoms with van der Waals surface area (Å²) in [6, 6.07) is 16.3. The van der Waals surface area contributed by atoms with Gasteiger partial charge >= 0.3 is 5.97 Å². The molecule has 1 heterocycles. The Morgan fingerprint density at radius 3 is 2.52 bits per heavy atom. The Morgan fingerprint density at radius 1 is 1.11 bits per heavy atom. The first-order valence-corrected chi connectivity index (χ1v) is 8.29. The van der Waals surface area contributed by atoms with Gasteiger partial charge in [0.15, 0.2) is 0 Å². The van der Waals surface area contributed by atoms with Gasteiger partial charge in [0.2, 0.25) is 0 Å². The number of ether oxygens (including phenoxy) is 3. The first-order valence-electron chi connectivity index (χ1n) is 8.29. The molecule has 0 N–H and O–H groups in total. The average Bonchev–Trinajstić information content (AvgIpc) is 2.66. The molecule has 2 aromatic carbocycles. The van der Waals surface area contributed by atoms with Gasteiger partial charge in [-0.25, -0.2) is 0 Å². The summed E-state index contributed by atoms with van der Waals surface area (Å²) in [5.41, 5.74) is 1.90. The highest BCUT2D eigenvalue weighted by molar-refractivity contribution is 5.93. The Labute approximate surface area is 156 Å². The molecular formula is C21H16N2O4. The van der Waals surface area contributed by atoms with Gasteiger partial charge in [-0.2, -0.15) is 10.5 Å². The van der Waals surface area contributed by atoms with Gasteiger partial charge < -0.3 is 14.2 Å². The molecule has 1 aliphatic heterocycles. The lowest BCUT2D eigenvalue weighted by atomic mass is 9.90. The Balaban J connectivity index is 1.96. The van der Waals surface area contributed by atoms with Crippen LogP contribution >= 0.6 is 0 Å². The highest BCUT2D eigenvalue weighted by Crippen LogP contribution is 2.45. The number of carbonyl (C=O) groups is 1. The maximum Gasteiger partial charge on any atom is 0.303 e. The summed E-state index contributed by atoms with van der Waals surface area (Å²) in [5.74, 6) is 1.21. The smallest absolute Gasteiger partial charge is 0.303 e. The monoisotopic (exact) mass is 360 g/mol. The molecule has 134 valence electrons. The van der Waals surface area contributed by atoms with Crippen molar-refractivity contribution in [2.24, 2.45) is 0 Å². The van der Waals surface area contributed by atoms with Gasteiger partial charge in [-0.3, -0.25) is 4.79 Å². The van der Waals surface area contributed by atoms with Gasteiger partial charge in [0.25, 0.3) is 0 Å². The molecule has 0 fully saturated rings. The van der Waals surface area contributed by atoms with Crippen LogP contribution in [0.1, 0.15) is 25.0 Å². The molecule has 2 aromatic rings. The zero-order valence-corrected chi connectivity index (χ0v) is 14.9. The predicted octanol–water partition coefficient (Wildman–Crippen LogP) is 3.97. The largest absolute Gasteiger partial charge is 0.490 e. The molecule has 27 heavy (non-hydrogen) atoms. The van der Waals surface area contributed by atoms with Crippen LogP contribution in [-0.4, -0.2) is 18.7 Å². The van der Waals surface area contributed by atoms with E-state index in [1.165, 1.54) is 6.92 Å². The lowest BCUT2D eigenvalue weighted by Gasteiger charge is -2.23. The quantitative estimate of drug-likeness (QED) is 0.516. The highest BCUT2D eigenvalue weighted by Gasteiger charge is 2.25. The first-order chi connectivity index (χ1) is 13.0. The topological polar surface area (TPSA) is 92.3 Å². The van der Waals surface area contributed by atoms with Crippen molar-refractivity contribution in [3.63, 3.8) is 0 Å². The highest BCUT2D eigenvalue weighted by atomic mass is 16.6. The maximum atomic E-state index is 11.0. The molecule has 0 aliphatic carbocycles. The fraction of sp³-hybridized carbons (Fsp3) is 0.190. The minimum Gasteiger partial charge on any atom is -0.490 e. The molecule has 0 bridgehead atoms. The first kappa shape index (κ1) is 18.0. The van der Waals surface area contributed by atoms with Crippen molar-refractivity contribution in [3.05, 3.63) is 59.2 Å². The van der Waals surface area contributed by atoms with E-state index in [1.807, 2.05) is 30.3 Å². The van der Waals surface area contributed by atoms with E-state index in [2.05, 4.69) is 0 Å². The molecule has 3 rings (SSSR count). The number of carbonyl (C=O) groups excluding carboxylic acids is 1. The number of esters is 1. The van der Waals surface area contributed by atoms with Gasteiger partial charge in [-0.05, 0) is 25.1 Å². The van der Waals surface area contributed by atoms with E-state index < -0.39 is 0 Å². The Morgan fingerprint density at radius 2 is 1.81 bits per heavy atom. The van der Waals surface area contributed by atoms with Crippen LogP contribution in [0.25, 0.3) is 5.57 Å². The SMILES string of the molecule is CC(=O)OC(C)COc1ccc2c(c1)Oc1ccccc1C2=C(C#N)C#N. The van der Waals surface area contributed by atoms with E-state index >= 15 is 0 Å². The Hall–Kier alpha value is -3.77. The number of nitriles is 2. The summed E-state index contributed by atoms with van der Waals surface area (Å²) in [5, 5.41) is 18.7. The molecule has 0 amide bonds. The number of fused-ring (bicyclic) bond motifs is 2. The third-order valence-electron chi connectivity index (χ3n) is 3.92. The zero-order chi connectivity index (χ0) is 19.4. The third kappa shape index (κ3) is 3.75. The molecule has 0 saturated carbocycles. The van der Waals surface area contributed by atoms with E-state index in [4.69, 9.17) is 14.2 Å². The van der Waals surface area contributed by atoms with Crippen LogP contribution < -0.4 is 9.47 Å². The molecule has 1 atom stereocenters. The van der Waals surface area contributed by atoms with Crippen LogP contribution in [0.4, 0.5) is 0 Å². The lowest BCUT2D eigenvalue weighted by Crippen LogP contribution is -2.20. The molecule has 1 aliphatic rings. The second-order valence-electron chi connectivity index (χ2n) is 5.96. The minimum absolute atomic E-state index is 0.0177. The fourth-order valence-electron chi connectivity index (χ4n) is 2.85. The molecule has 0 radical (unpaired) electrons. The number of para-hydroxylation sites is 1. The molecule has 0 spiro atoms. The van der Waals surface area contributed by atoms with Crippen LogP contribution in [0, 0.1) is 22.7 Å². The minimum atomic E-state index is -0.389. The number of hydrogen-bond donors (Lipinski definition) is 0. The molecule has 6 heteroatoms. The molecule has 6 nitrogen and oxygen atoms in total. The molecule has 0 aromatic heterocycles. The Bertz CT molecular complexity index is 996. The van der Waals surface area contributed by atoms with Gasteiger partial charge in [0.1, 0.15) is 47.7 Å². The van der Waals surface area contributed by atoms with E-state index in [9.17, 15) is 15.3 Å². The van der Waals surface area contributed by atoms with Crippen LogP contribution in [0.2, 0.25) is 0 Å². The maximum absolute atomic E-state index is 11.0. The predicted molar refractivity (Wildman–Crippen MR) is 96.9 cm³/mol. The van der Waals surface area contributed by atoms with Gasteiger partial charge in [-0.15, -0.1) is 0 Å². The van der Waals surface area contributed by atoms with Crippen LogP contribution in [0.5, 0.6) is 17.2 Å². The number of rotatable bonds is 4. The number of nitrogens with zero attached hydrogens (tertiary/aromatic N) is 2. The van der Waals surface area contributed by atoms with Crippen molar-refractivity contribution >= 4 is 11.5 Å². The average molecular weight is 360 g/mol. The molecule has 1 unspecified atom stereocenters. The van der Waals surface area contributed by atoms with Crippen LogP contribution in [-0.2, 0) is 9.53 Å². The van der Waals surface area contributed by atoms with Crippen LogP contribution in [0.15, 0.2) is 48.0 Å². The number of allylic oxidation sites excluding steroid dienone is 1. The van der Waals surface area contributed by atoms with E-state index in [0.717, 1.165) is 0 Å². The third-order valence-corrected chi connectivity index (χ3v) is 3.92. The number of benzene rings is 2. The fourth-order valence-corrected chi connectivity index (χ4v) is 2.85. The summed E-state index contributed by atoms with van der Waals surface area (Å²) >= 11 is 0. The summed E-state index contributed by atoms with van der Waals surface area (Å²) in [6.07, 6.45) is -0.389. The van der Waals surface area contributed by atoms with Crippen molar-refractivity contribution in [2.45, 2.75) is 20.0 Å². The standard InChI is InChI=1S/C21H16N2O4/c1-13(26-14(2)24)12-25-16-7-8-18-20(9-16)27-19-6-4-3-5-17(19)21(18)15(10-22)11-23/h3-9,13H,12H2,1-2H3. The summed E-state index contributed by atoms with van der Waals surface area (Å²) < 4.78 is 16.6. The van der Waals surface area contributed by atoms with Crippen molar-refractivity contribution in [1.82, 2.24) is 0 Å². The van der Waals surface area contributed by atoms with Crippen molar-refractivity contribution in [1.29, 1.82) is 10.5 Å². The molecular weight excluding hydrogens is 344 g/mol.